The number of anilines is 1. The molecule has 0 saturated heterocycles. The van der Waals surface area contributed by atoms with Crippen LogP contribution in [0.15, 0.2) is 71.3 Å². The van der Waals surface area contributed by atoms with Crippen molar-refractivity contribution in [3.05, 3.63) is 78.3 Å². The number of rotatable bonds is 9. The summed E-state index contributed by atoms with van der Waals surface area (Å²) in [5.74, 6) is 1.58. The van der Waals surface area contributed by atoms with Gasteiger partial charge in [-0.15, -0.1) is 0 Å². The number of hydrogen-bond donors (Lipinski definition) is 2. The van der Waals surface area contributed by atoms with Crippen molar-refractivity contribution in [3.63, 3.8) is 0 Å². The number of hydrogen-bond acceptors (Lipinski definition) is 5. The molecule has 0 radical (unpaired) electrons. The lowest BCUT2D eigenvalue weighted by atomic mass is 10.2. The number of ether oxygens (including phenoxy) is 1. The number of nitrogens with one attached hydrogen (secondary N) is 1. The highest BCUT2D eigenvalue weighted by Gasteiger charge is 2.15. The fraction of sp³-hybridized carbons (Fsp3) is 0.227. The highest BCUT2D eigenvalue weighted by Crippen LogP contribution is 2.20. The molecule has 2 aromatic carbocycles. The molecule has 6 nitrogen and oxygen atoms in total. The van der Waals surface area contributed by atoms with E-state index < -0.39 is 0 Å². The smallest absolute Gasteiger partial charge is 0.238 e. The van der Waals surface area contributed by atoms with E-state index in [-0.39, 0.29) is 18.2 Å². The second-order valence-electron chi connectivity index (χ2n) is 6.36. The largest absolute Gasteiger partial charge is 0.508 e. The summed E-state index contributed by atoms with van der Waals surface area (Å²) in [6.45, 7) is 3.55. The Labute approximate surface area is 164 Å². The maximum Gasteiger partial charge on any atom is 0.238 e. The Balaban J connectivity index is 1.65. The predicted octanol–water partition coefficient (Wildman–Crippen LogP) is 4.02. The van der Waals surface area contributed by atoms with Gasteiger partial charge in [-0.05, 0) is 49.4 Å². The Hall–Kier alpha value is -3.25. The van der Waals surface area contributed by atoms with Gasteiger partial charge in [0, 0.05) is 17.8 Å². The summed E-state index contributed by atoms with van der Waals surface area (Å²) >= 11 is 0. The van der Waals surface area contributed by atoms with Crippen LogP contribution >= 0.6 is 0 Å². The van der Waals surface area contributed by atoms with Crippen LogP contribution in [-0.2, 0) is 17.9 Å². The summed E-state index contributed by atoms with van der Waals surface area (Å²) in [7, 11) is 0. The van der Waals surface area contributed by atoms with Gasteiger partial charge in [0.2, 0.25) is 5.91 Å². The highest BCUT2D eigenvalue weighted by molar-refractivity contribution is 5.92. The SMILES string of the molecule is CCOc1ccc(NC(=O)CN(Cc2ccco2)Cc2ccccc2O)cc1. The lowest BCUT2D eigenvalue weighted by Crippen LogP contribution is -2.32. The number of nitrogens with zero attached hydrogens (tertiary/aromatic N) is 1. The predicted molar refractivity (Wildman–Crippen MR) is 107 cm³/mol. The highest BCUT2D eigenvalue weighted by atomic mass is 16.5. The summed E-state index contributed by atoms with van der Waals surface area (Å²) in [5, 5.41) is 13.0. The van der Waals surface area contributed by atoms with Gasteiger partial charge in [0.25, 0.3) is 0 Å². The average molecular weight is 380 g/mol. The third kappa shape index (κ3) is 5.62. The molecule has 0 atom stereocenters. The summed E-state index contributed by atoms with van der Waals surface area (Å²) in [6, 6.07) is 18.1. The van der Waals surface area contributed by atoms with Crippen molar-refractivity contribution in [1.29, 1.82) is 0 Å². The van der Waals surface area contributed by atoms with E-state index >= 15 is 0 Å². The number of phenols is 1. The summed E-state index contributed by atoms with van der Waals surface area (Å²) < 4.78 is 10.8. The van der Waals surface area contributed by atoms with Gasteiger partial charge in [-0.3, -0.25) is 9.69 Å². The molecular formula is C22H24N2O4. The average Bonchev–Trinajstić information content (AvgIpc) is 3.18. The minimum absolute atomic E-state index is 0.147. The molecule has 6 heteroatoms. The van der Waals surface area contributed by atoms with Crippen molar-refractivity contribution in [2.24, 2.45) is 0 Å². The topological polar surface area (TPSA) is 74.9 Å². The molecule has 1 amide bonds. The molecule has 1 aromatic heterocycles. The molecule has 0 spiro atoms. The molecule has 0 bridgehead atoms. The second kappa shape index (κ2) is 9.62. The molecule has 0 aliphatic rings. The molecule has 28 heavy (non-hydrogen) atoms. The molecule has 0 saturated carbocycles. The summed E-state index contributed by atoms with van der Waals surface area (Å²) in [5.41, 5.74) is 1.46. The minimum Gasteiger partial charge on any atom is -0.508 e. The van der Waals surface area contributed by atoms with Crippen LogP contribution in [0.5, 0.6) is 11.5 Å². The van der Waals surface area contributed by atoms with E-state index in [2.05, 4.69) is 5.32 Å². The van der Waals surface area contributed by atoms with Gasteiger partial charge in [0.1, 0.15) is 17.3 Å². The number of para-hydroxylation sites is 1. The molecule has 1 heterocycles. The molecule has 0 aliphatic heterocycles. The van der Waals surface area contributed by atoms with E-state index in [4.69, 9.17) is 9.15 Å². The fourth-order valence-electron chi connectivity index (χ4n) is 2.88. The van der Waals surface area contributed by atoms with Crippen molar-refractivity contribution >= 4 is 11.6 Å². The molecule has 146 valence electrons. The number of aromatic hydroxyl groups is 1. The fourth-order valence-corrected chi connectivity index (χ4v) is 2.88. The first kappa shape index (κ1) is 19.5. The lowest BCUT2D eigenvalue weighted by molar-refractivity contribution is -0.117. The Bertz CT molecular complexity index is 876. The van der Waals surface area contributed by atoms with Crippen molar-refractivity contribution in [1.82, 2.24) is 4.90 Å². The Morgan fingerprint density at radius 3 is 2.54 bits per heavy atom. The van der Waals surface area contributed by atoms with Gasteiger partial charge >= 0.3 is 0 Å². The van der Waals surface area contributed by atoms with Crippen molar-refractivity contribution in [3.8, 4) is 11.5 Å². The van der Waals surface area contributed by atoms with Crippen LogP contribution in [0, 0.1) is 0 Å². The monoisotopic (exact) mass is 380 g/mol. The van der Waals surface area contributed by atoms with Crippen molar-refractivity contribution in [2.45, 2.75) is 20.0 Å². The van der Waals surface area contributed by atoms with Crippen LogP contribution in [0.4, 0.5) is 5.69 Å². The number of amides is 1. The van der Waals surface area contributed by atoms with E-state index in [9.17, 15) is 9.90 Å². The zero-order valence-corrected chi connectivity index (χ0v) is 15.8. The van der Waals surface area contributed by atoms with E-state index in [1.807, 2.05) is 60.4 Å². The van der Waals surface area contributed by atoms with Crippen LogP contribution in [-0.4, -0.2) is 29.1 Å². The maximum absolute atomic E-state index is 12.6. The first-order chi connectivity index (χ1) is 13.6. The van der Waals surface area contributed by atoms with E-state index in [1.165, 1.54) is 0 Å². The number of furan rings is 1. The lowest BCUT2D eigenvalue weighted by Gasteiger charge is -2.21. The van der Waals surface area contributed by atoms with Crippen molar-refractivity contribution in [2.75, 3.05) is 18.5 Å². The van der Waals surface area contributed by atoms with Gasteiger partial charge in [-0.1, -0.05) is 18.2 Å². The molecule has 3 rings (SSSR count). The Kier molecular flexibility index (Phi) is 6.70. The third-order valence-electron chi connectivity index (χ3n) is 4.16. The van der Waals surface area contributed by atoms with E-state index in [0.717, 1.165) is 17.1 Å². The zero-order chi connectivity index (χ0) is 19.8. The minimum atomic E-state index is -0.147. The van der Waals surface area contributed by atoms with Crippen LogP contribution in [0.25, 0.3) is 0 Å². The van der Waals surface area contributed by atoms with Gasteiger partial charge in [-0.25, -0.2) is 0 Å². The van der Waals surface area contributed by atoms with Gasteiger partial charge in [0.15, 0.2) is 0 Å². The van der Waals surface area contributed by atoms with E-state index in [0.29, 0.717) is 25.4 Å². The maximum atomic E-state index is 12.6. The van der Waals surface area contributed by atoms with Gasteiger partial charge in [-0.2, -0.15) is 0 Å². The number of carbonyl (C=O) groups is 1. The first-order valence-electron chi connectivity index (χ1n) is 9.18. The number of carbonyl (C=O) groups excluding carboxylic acids is 1. The molecule has 2 N–H and O–H groups in total. The van der Waals surface area contributed by atoms with Crippen LogP contribution in [0.3, 0.4) is 0 Å². The normalized spacial score (nSPS) is 10.8. The van der Waals surface area contributed by atoms with Gasteiger partial charge < -0.3 is 19.6 Å². The molecular weight excluding hydrogens is 356 g/mol. The second-order valence-corrected chi connectivity index (χ2v) is 6.36. The quantitative estimate of drug-likeness (QED) is 0.586. The van der Waals surface area contributed by atoms with Crippen LogP contribution < -0.4 is 10.1 Å². The Morgan fingerprint density at radius 1 is 1.07 bits per heavy atom. The van der Waals surface area contributed by atoms with Gasteiger partial charge in [0.05, 0.1) is 26.0 Å². The van der Waals surface area contributed by atoms with Crippen LogP contribution in [0.2, 0.25) is 0 Å². The zero-order valence-electron chi connectivity index (χ0n) is 15.8. The molecule has 0 unspecified atom stereocenters. The van der Waals surface area contributed by atoms with E-state index in [1.54, 1.807) is 18.4 Å². The third-order valence-corrected chi connectivity index (χ3v) is 4.16. The van der Waals surface area contributed by atoms with Crippen LogP contribution in [0.1, 0.15) is 18.2 Å². The number of benzene rings is 2. The standard InChI is InChI=1S/C22H24N2O4/c1-2-27-19-11-9-18(10-12-19)23-22(26)16-24(15-20-7-5-13-28-20)14-17-6-3-4-8-21(17)25/h3-13,25H,2,14-16H2,1H3,(H,23,26). The molecule has 0 aliphatic carbocycles. The number of phenolic OH excluding ortho intramolecular Hbond substituents is 1. The molecule has 0 fully saturated rings. The van der Waals surface area contributed by atoms with Crippen molar-refractivity contribution < 1.29 is 19.1 Å². The Morgan fingerprint density at radius 2 is 1.86 bits per heavy atom. The first-order valence-corrected chi connectivity index (χ1v) is 9.18. The summed E-state index contributed by atoms with van der Waals surface area (Å²) in [4.78, 5) is 14.5. The molecule has 3 aromatic rings. The summed E-state index contributed by atoms with van der Waals surface area (Å²) in [6.07, 6.45) is 1.60.